The zero-order chi connectivity index (χ0) is 14.4. The third kappa shape index (κ3) is 2.60. The molecule has 1 aliphatic carbocycles. The van der Waals surface area contributed by atoms with Crippen molar-refractivity contribution in [2.24, 2.45) is 0 Å². The number of fused-ring (bicyclic) bond motifs is 1. The Hall–Kier alpha value is -1.33. The highest BCUT2D eigenvalue weighted by Gasteiger charge is 2.26. The van der Waals surface area contributed by atoms with Gasteiger partial charge in [0.1, 0.15) is 18.4 Å². The topological polar surface area (TPSA) is 44.2 Å². The van der Waals surface area contributed by atoms with E-state index in [0.29, 0.717) is 35.9 Å². The Balaban J connectivity index is 1.81. The number of benzene rings is 1. The van der Waals surface area contributed by atoms with E-state index in [1.165, 1.54) is 12.8 Å². The van der Waals surface area contributed by atoms with Crippen LogP contribution in [0.2, 0.25) is 5.15 Å². The Kier molecular flexibility index (Phi) is 3.27. The van der Waals surface area contributed by atoms with Crippen molar-refractivity contribution in [2.75, 3.05) is 13.2 Å². The van der Waals surface area contributed by atoms with Gasteiger partial charge < -0.3 is 9.47 Å². The maximum Gasteiger partial charge on any atom is 0.175 e. The van der Waals surface area contributed by atoms with Crippen LogP contribution in [-0.2, 0) is 0 Å². The van der Waals surface area contributed by atoms with E-state index in [9.17, 15) is 0 Å². The van der Waals surface area contributed by atoms with Gasteiger partial charge >= 0.3 is 0 Å². The monoisotopic (exact) mass is 366 g/mol. The van der Waals surface area contributed by atoms with Gasteiger partial charge in [0.05, 0.1) is 4.47 Å². The highest BCUT2D eigenvalue weighted by Crippen LogP contribution is 2.42. The summed E-state index contributed by atoms with van der Waals surface area (Å²) in [6.45, 7) is 1.11. The zero-order valence-electron chi connectivity index (χ0n) is 11.1. The van der Waals surface area contributed by atoms with Gasteiger partial charge in [-0.1, -0.05) is 11.6 Å². The van der Waals surface area contributed by atoms with Crippen LogP contribution in [0, 0.1) is 0 Å². The summed E-state index contributed by atoms with van der Waals surface area (Å²) in [5.41, 5.74) is 1.89. The van der Waals surface area contributed by atoms with E-state index in [1.54, 1.807) is 0 Å². The molecule has 6 heteroatoms. The highest BCUT2D eigenvalue weighted by atomic mass is 79.9. The van der Waals surface area contributed by atoms with Gasteiger partial charge in [0.2, 0.25) is 0 Å². The number of halogens is 2. The smallest absolute Gasteiger partial charge is 0.175 e. The first kappa shape index (κ1) is 13.3. The second kappa shape index (κ2) is 5.14. The van der Waals surface area contributed by atoms with Crippen LogP contribution < -0.4 is 9.47 Å². The first-order valence-corrected chi connectivity index (χ1v) is 8.02. The van der Waals surface area contributed by atoms with E-state index >= 15 is 0 Å². The molecule has 1 fully saturated rings. The molecule has 4 nitrogen and oxygen atoms in total. The molecule has 0 atom stereocenters. The lowest BCUT2D eigenvalue weighted by molar-refractivity contribution is 0.170. The summed E-state index contributed by atoms with van der Waals surface area (Å²) in [4.78, 5) is 8.98. The molecule has 2 aliphatic rings. The van der Waals surface area contributed by atoms with Crippen molar-refractivity contribution < 1.29 is 9.47 Å². The van der Waals surface area contributed by atoms with Crippen LogP contribution in [0.25, 0.3) is 11.4 Å². The van der Waals surface area contributed by atoms with Crippen molar-refractivity contribution in [1.82, 2.24) is 9.97 Å². The average Bonchev–Trinajstić information content (AvgIpc) is 3.31. The van der Waals surface area contributed by atoms with Crippen molar-refractivity contribution >= 4 is 27.5 Å². The van der Waals surface area contributed by atoms with Crippen molar-refractivity contribution in [3.8, 4) is 22.9 Å². The molecular formula is C15H12BrClN2O2. The Labute approximate surface area is 135 Å². The van der Waals surface area contributed by atoms with E-state index in [-0.39, 0.29) is 0 Å². The molecule has 4 rings (SSSR count). The largest absolute Gasteiger partial charge is 0.486 e. The number of hydrogen-bond donors (Lipinski definition) is 0. The summed E-state index contributed by atoms with van der Waals surface area (Å²) < 4.78 is 12.1. The van der Waals surface area contributed by atoms with Crippen molar-refractivity contribution in [3.05, 3.63) is 33.5 Å². The summed E-state index contributed by atoms with van der Waals surface area (Å²) in [5.74, 6) is 2.60. The molecule has 0 radical (unpaired) electrons. The lowest BCUT2D eigenvalue weighted by atomic mass is 10.1. The molecule has 1 aromatic carbocycles. The molecule has 0 amide bonds. The number of nitrogens with zero attached hydrogens (tertiary/aromatic N) is 2. The van der Waals surface area contributed by atoms with E-state index in [4.69, 9.17) is 21.1 Å². The molecule has 1 aliphatic heterocycles. The van der Waals surface area contributed by atoms with Gasteiger partial charge in [-0.25, -0.2) is 9.97 Å². The average molecular weight is 368 g/mol. The van der Waals surface area contributed by atoms with E-state index in [2.05, 4.69) is 25.9 Å². The molecule has 0 spiro atoms. The molecule has 2 aromatic rings. The van der Waals surface area contributed by atoms with Gasteiger partial charge in [-0.15, -0.1) is 0 Å². The summed E-state index contributed by atoms with van der Waals surface area (Å²) in [7, 11) is 0. The Morgan fingerprint density at radius 1 is 1.10 bits per heavy atom. The Morgan fingerprint density at radius 3 is 2.71 bits per heavy atom. The van der Waals surface area contributed by atoms with Crippen LogP contribution in [-0.4, -0.2) is 23.2 Å². The molecule has 0 bridgehead atoms. The summed E-state index contributed by atoms with van der Waals surface area (Å²) in [6.07, 6.45) is 2.36. The molecule has 0 unspecified atom stereocenters. The maximum atomic E-state index is 6.14. The summed E-state index contributed by atoms with van der Waals surface area (Å²) in [5, 5.41) is 0.480. The van der Waals surface area contributed by atoms with Gasteiger partial charge in [-0.05, 0) is 47.0 Å². The fourth-order valence-electron chi connectivity index (χ4n) is 2.39. The SMILES string of the molecule is Clc1cc(C2CC2)nc(-c2cc(Br)c3c(c2)OCCO3)n1. The molecule has 1 saturated carbocycles. The molecule has 0 N–H and O–H groups in total. The van der Waals surface area contributed by atoms with Crippen molar-refractivity contribution in [2.45, 2.75) is 18.8 Å². The second-order valence-electron chi connectivity index (χ2n) is 5.20. The quantitative estimate of drug-likeness (QED) is 0.746. The third-order valence-corrected chi connectivity index (χ3v) is 4.35. The first-order chi connectivity index (χ1) is 10.2. The molecule has 1 aromatic heterocycles. The van der Waals surface area contributed by atoms with E-state index in [0.717, 1.165) is 21.5 Å². The predicted molar refractivity (Wildman–Crippen MR) is 83.1 cm³/mol. The number of aromatic nitrogens is 2. The number of hydrogen-bond acceptors (Lipinski definition) is 4. The van der Waals surface area contributed by atoms with Gasteiger partial charge in [-0.3, -0.25) is 0 Å². The fourth-order valence-corrected chi connectivity index (χ4v) is 3.14. The lowest BCUT2D eigenvalue weighted by Gasteiger charge is -2.20. The highest BCUT2D eigenvalue weighted by molar-refractivity contribution is 9.10. The standard InChI is InChI=1S/C15H12BrClN2O2/c16-10-5-9(6-12-14(10)21-4-3-20-12)15-18-11(8-1-2-8)7-13(17)19-15/h5-8H,1-4H2. The second-order valence-corrected chi connectivity index (χ2v) is 6.44. The number of ether oxygens (including phenoxy) is 2. The predicted octanol–water partition coefficient (Wildman–Crippen LogP) is 4.21. The lowest BCUT2D eigenvalue weighted by Crippen LogP contribution is -2.15. The first-order valence-electron chi connectivity index (χ1n) is 6.85. The molecule has 21 heavy (non-hydrogen) atoms. The van der Waals surface area contributed by atoms with E-state index < -0.39 is 0 Å². The zero-order valence-corrected chi connectivity index (χ0v) is 13.4. The minimum Gasteiger partial charge on any atom is -0.486 e. The van der Waals surface area contributed by atoms with Gasteiger partial charge in [-0.2, -0.15) is 0 Å². The van der Waals surface area contributed by atoms with E-state index in [1.807, 2.05) is 18.2 Å². The Morgan fingerprint density at radius 2 is 1.90 bits per heavy atom. The molecule has 2 heterocycles. The van der Waals surface area contributed by atoms with Crippen molar-refractivity contribution in [3.63, 3.8) is 0 Å². The number of rotatable bonds is 2. The van der Waals surface area contributed by atoms with Gasteiger partial charge in [0.15, 0.2) is 17.3 Å². The normalized spacial score (nSPS) is 16.9. The fraction of sp³-hybridized carbons (Fsp3) is 0.333. The molecular weight excluding hydrogens is 356 g/mol. The van der Waals surface area contributed by atoms with Crippen LogP contribution in [0.15, 0.2) is 22.7 Å². The molecule has 108 valence electrons. The van der Waals surface area contributed by atoms with Crippen LogP contribution in [0.5, 0.6) is 11.5 Å². The summed E-state index contributed by atoms with van der Waals surface area (Å²) in [6, 6.07) is 5.70. The summed E-state index contributed by atoms with van der Waals surface area (Å²) >= 11 is 9.65. The Bertz CT molecular complexity index is 719. The molecule has 0 saturated heterocycles. The van der Waals surface area contributed by atoms with Crippen molar-refractivity contribution in [1.29, 1.82) is 0 Å². The van der Waals surface area contributed by atoms with Gasteiger partial charge in [0.25, 0.3) is 0 Å². The minimum atomic E-state index is 0.480. The minimum absolute atomic E-state index is 0.480. The van der Waals surface area contributed by atoms with Crippen LogP contribution in [0.1, 0.15) is 24.5 Å². The van der Waals surface area contributed by atoms with Crippen LogP contribution in [0.3, 0.4) is 0 Å². The maximum absolute atomic E-state index is 6.14. The third-order valence-electron chi connectivity index (χ3n) is 3.57. The van der Waals surface area contributed by atoms with Gasteiger partial charge in [0, 0.05) is 17.2 Å². The van der Waals surface area contributed by atoms with Crippen LogP contribution in [0.4, 0.5) is 0 Å². The van der Waals surface area contributed by atoms with Crippen LogP contribution >= 0.6 is 27.5 Å².